The first kappa shape index (κ1) is 12.5. The summed E-state index contributed by atoms with van der Waals surface area (Å²) < 4.78 is 0. The molecule has 1 aromatic carbocycles. The summed E-state index contributed by atoms with van der Waals surface area (Å²) in [4.78, 5) is 10.5. The van der Waals surface area contributed by atoms with Crippen molar-refractivity contribution >= 4 is 11.4 Å². The molecule has 0 aliphatic rings. The van der Waals surface area contributed by atoms with Crippen LogP contribution < -0.4 is 5.32 Å². The van der Waals surface area contributed by atoms with Gasteiger partial charge in [0.1, 0.15) is 5.69 Å². The van der Waals surface area contributed by atoms with Crippen LogP contribution >= 0.6 is 0 Å². The molecule has 0 radical (unpaired) electrons. The summed E-state index contributed by atoms with van der Waals surface area (Å²) in [5.41, 5.74) is 1.84. The molecule has 0 saturated carbocycles. The van der Waals surface area contributed by atoms with Crippen LogP contribution in [0.3, 0.4) is 0 Å². The summed E-state index contributed by atoms with van der Waals surface area (Å²) in [5, 5.41) is 14.0. The highest BCUT2D eigenvalue weighted by atomic mass is 16.6. The largest absolute Gasteiger partial charge is 0.379 e. The Bertz CT molecular complexity index is 394. The third-order valence-corrected chi connectivity index (χ3v) is 2.16. The Labute approximate surface area is 95.8 Å². The second kappa shape index (κ2) is 4.51. The quantitative estimate of drug-likeness (QED) is 0.630. The van der Waals surface area contributed by atoms with Crippen molar-refractivity contribution in [3.63, 3.8) is 0 Å². The number of nitrogens with zero attached hydrogens (tertiary/aromatic N) is 1. The van der Waals surface area contributed by atoms with Gasteiger partial charge in [-0.15, -0.1) is 0 Å². The van der Waals surface area contributed by atoms with E-state index in [1.54, 1.807) is 12.1 Å². The molecule has 4 heteroatoms. The van der Waals surface area contributed by atoms with E-state index in [1.807, 2.05) is 13.0 Å². The topological polar surface area (TPSA) is 55.2 Å². The molecular weight excluding hydrogens is 204 g/mol. The Morgan fingerprint density at radius 2 is 2.00 bits per heavy atom. The molecular formula is C12H18N2O2. The number of benzene rings is 1. The number of nitro groups is 1. The maximum absolute atomic E-state index is 10.8. The zero-order chi connectivity index (χ0) is 12.3. The summed E-state index contributed by atoms with van der Waals surface area (Å²) in [6.45, 7) is 8.88. The molecule has 0 bridgehead atoms. The summed E-state index contributed by atoms with van der Waals surface area (Å²) in [5.74, 6) is 0. The van der Waals surface area contributed by atoms with Gasteiger partial charge in [-0.3, -0.25) is 10.1 Å². The first-order valence-electron chi connectivity index (χ1n) is 5.28. The standard InChI is InChI=1S/C12H18N2O2/c1-9-5-6-11(14(15)16)10(7-9)13-8-12(2,3)4/h5-7,13H,8H2,1-4H3. The van der Waals surface area contributed by atoms with E-state index in [0.29, 0.717) is 12.2 Å². The monoisotopic (exact) mass is 222 g/mol. The number of aryl methyl sites for hydroxylation is 1. The summed E-state index contributed by atoms with van der Waals surface area (Å²) >= 11 is 0. The zero-order valence-electron chi connectivity index (χ0n) is 10.2. The molecule has 0 fully saturated rings. The lowest BCUT2D eigenvalue weighted by molar-refractivity contribution is -0.384. The Morgan fingerprint density at radius 3 is 2.50 bits per heavy atom. The highest BCUT2D eigenvalue weighted by molar-refractivity contribution is 5.62. The smallest absolute Gasteiger partial charge is 0.292 e. The first-order chi connectivity index (χ1) is 7.29. The van der Waals surface area contributed by atoms with Crippen molar-refractivity contribution in [1.29, 1.82) is 0 Å². The Balaban J connectivity index is 2.93. The van der Waals surface area contributed by atoms with Gasteiger partial charge >= 0.3 is 0 Å². The van der Waals surface area contributed by atoms with Crippen molar-refractivity contribution in [2.75, 3.05) is 11.9 Å². The van der Waals surface area contributed by atoms with E-state index in [2.05, 4.69) is 26.1 Å². The molecule has 1 N–H and O–H groups in total. The fourth-order valence-corrected chi connectivity index (χ4v) is 1.31. The third kappa shape index (κ3) is 3.53. The molecule has 0 unspecified atom stereocenters. The fourth-order valence-electron chi connectivity index (χ4n) is 1.31. The van der Waals surface area contributed by atoms with Crippen LogP contribution in [0.4, 0.5) is 11.4 Å². The molecule has 0 saturated heterocycles. The van der Waals surface area contributed by atoms with Crippen molar-refractivity contribution in [2.45, 2.75) is 27.7 Å². The van der Waals surface area contributed by atoms with Gasteiger partial charge in [-0.2, -0.15) is 0 Å². The van der Waals surface area contributed by atoms with Crippen LogP contribution in [0.15, 0.2) is 18.2 Å². The van der Waals surface area contributed by atoms with E-state index >= 15 is 0 Å². The highest BCUT2D eigenvalue weighted by Gasteiger charge is 2.16. The highest BCUT2D eigenvalue weighted by Crippen LogP contribution is 2.26. The van der Waals surface area contributed by atoms with Crippen molar-refractivity contribution in [2.24, 2.45) is 5.41 Å². The van der Waals surface area contributed by atoms with Gasteiger partial charge in [-0.1, -0.05) is 26.8 Å². The Kier molecular flexibility index (Phi) is 3.52. The number of rotatable bonds is 3. The van der Waals surface area contributed by atoms with E-state index in [9.17, 15) is 10.1 Å². The first-order valence-corrected chi connectivity index (χ1v) is 5.28. The lowest BCUT2D eigenvalue weighted by Crippen LogP contribution is -2.19. The van der Waals surface area contributed by atoms with Crippen LogP contribution in [0.2, 0.25) is 0 Å². The summed E-state index contributed by atoms with van der Waals surface area (Å²) in [6, 6.07) is 5.10. The Hall–Kier alpha value is -1.58. The van der Waals surface area contributed by atoms with E-state index in [4.69, 9.17) is 0 Å². The second-order valence-corrected chi connectivity index (χ2v) is 5.19. The van der Waals surface area contributed by atoms with E-state index in [0.717, 1.165) is 5.56 Å². The molecule has 1 rings (SSSR count). The SMILES string of the molecule is Cc1ccc([N+](=O)[O-])c(NCC(C)(C)C)c1. The zero-order valence-corrected chi connectivity index (χ0v) is 10.2. The van der Waals surface area contributed by atoms with Crippen LogP contribution in [0, 0.1) is 22.5 Å². The minimum Gasteiger partial charge on any atom is -0.379 e. The predicted molar refractivity (Wildman–Crippen MR) is 65.8 cm³/mol. The predicted octanol–water partition coefficient (Wildman–Crippen LogP) is 3.36. The number of nitro benzene ring substituents is 1. The molecule has 1 aromatic rings. The van der Waals surface area contributed by atoms with Gasteiger partial charge in [0.25, 0.3) is 5.69 Å². The summed E-state index contributed by atoms with van der Waals surface area (Å²) in [7, 11) is 0. The van der Waals surface area contributed by atoms with E-state index in [-0.39, 0.29) is 16.0 Å². The molecule has 4 nitrogen and oxygen atoms in total. The van der Waals surface area contributed by atoms with E-state index < -0.39 is 0 Å². The lowest BCUT2D eigenvalue weighted by Gasteiger charge is -2.19. The van der Waals surface area contributed by atoms with Crippen LogP contribution in [0.1, 0.15) is 26.3 Å². The summed E-state index contributed by atoms with van der Waals surface area (Å²) in [6.07, 6.45) is 0. The maximum Gasteiger partial charge on any atom is 0.292 e. The van der Waals surface area contributed by atoms with Gasteiger partial charge in [0.2, 0.25) is 0 Å². The van der Waals surface area contributed by atoms with Crippen LogP contribution in [-0.2, 0) is 0 Å². The van der Waals surface area contributed by atoms with Gasteiger partial charge < -0.3 is 5.32 Å². The van der Waals surface area contributed by atoms with Crippen molar-refractivity contribution in [3.05, 3.63) is 33.9 Å². The number of nitrogens with one attached hydrogen (secondary N) is 1. The third-order valence-electron chi connectivity index (χ3n) is 2.16. The normalized spacial score (nSPS) is 11.2. The van der Waals surface area contributed by atoms with Crippen molar-refractivity contribution in [3.8, 4) is 0 Å². The van der Waals surface area contributed by atoms with E-state index in [1.165, 1.54) is 0 Å². The molecule has 0 amide bonds. The van der Waals surface area contributed by atoms with Crippen LogP contribution in [0.25, 0.3) is 0 Å². The maximum atomic E-state index is 10.8. The van der Waals surface area contributed by atoms with Crippen molar-refractivity contribution in [1.82, 2.24) is 0 Å². The molecule has 16 heavy (non-hydrogen) atoms. The van der Waals surface area contributed by atoms with Gasteiger partial charge in [0.05, 0.1) is 4.92 Å². The number of anilines is 1. The van der Waals surface area contributed by atoms with Crippen molar-refractivity contribution < 1.29 is 4.92 Å². The van der Waals surface area contributed by atoms with Crippen LogP contribution in [-0.4, -0.2) is 11.5 Å². The average molecular weight is 222 g/mol. The fraction of sp³-hybridized carbons (Fsp3) is 0.500. The molecule has 0 heterocycles. The molecule has 0 spiro atoms. The second-order valence-electron chi connectivity index (χ2n) is 5.19. The number of hydrogen-bond acceptors (Lipinski definition) is 3. The molecule has 0 atom stereocenters. The minimum absolute atomic E-state index is 0.0949. The lowest BCUT2D eigenvalue weighted by atomic mass is 9.97. The Morgan fingerprint density at radius 1 is 1.38 bits per heavy atom. The minimum atomic E-state index is -0.357. The van der Waals surface area contributed by atoms with Crippen LogP contribution in [0.5, 0.6) is 0 Å². The molecule has 0 aliphatic carbocycles. The van der Waals surface area contributed by atoms with Gasteiger partial charge in [0, 0.05) is 12.6 Å². The van der Waals surface area contributed by atoms with Gasteiger partial charge in [0.15, 0.2) is 0 Å². The molecule has 0 aromatic heterocycles. The van der Waals surface area contributed by atoms with Gasteiger partial charge in [-0.05, 0) is 24.0 Å². The average Bonchev–Trinajstić information content (AvgIpc) is 2.13. The number of hydrogen-bond donors (Lipinski definition) is 1. The van der Waals surface area contributed by atoms with Gasteiger partial charge in [-0.25, -0.2) is 0 Å². The molecule has 0 aliphatic heterocycles. The molecule has 88 valence electrons.